The van der Waals surface area contributed by atoms with Gasteiger partial charge in [0.1, 0.15) is 0 Å². The molecule has 3 amide bonds. The molecule has 28 heavy (non-hydrogen) atoms. The van der Waals surface area contributed by atoms with Crippen molar-refractivity contribution in [2.75, 3.05) is 26.2 Å². The van der Waals surface area contributed by atoms with Crippen LogP contribution < -0.4 is 10.6 Å². The van der Waals surface area contributed by atoms with Crippen LogP contribution >= 0.6 is 0 Å². The predicted octanol–water partition coefficient (Wildman–Crippen LogP) is 2.20. The van der Waals surface area contributed by atoms with E-state index in [0.717, 1.165) is 32.4 Å². The Kier molecular flexibility index (Phi) is 8.98. The first kappa shape index (κ1) is 21.9. The summed E-state index contributed by atoms with van der Waals surface area (Å²) in [6.07, 6.45) is 4.80. The molecule has 0 spiro atoms. The van der Waals surface area contributed by atoms with Gasteiger partial charge >= 0.3 is 0 Å². The lowest BCUT2D eigenvalue weighted by Crippen LogP contribution is -2.39. The minimum absolute atomic E-state index is 0.0639. The average molecular weight is 388 g/mol. The molecule has 0 aromatic heterocycles. The van der Waals surface area contributed by atoms with Gasteiger partial charge in [-0.1, -0.05) is 29.8 Å². The smallest absolute Gasteiger partial charge is 0.223 e. The first-order valence-corrected chi connectivity index (χ1v) is 10.3. The first-order valence-electron chi connectivity index (χ1n) is 10.3. The second-order valence-electron chi connectivity index (χ2n) is 7.68. The molecule has 1 aliphatic rings. The number of amides is 3. The largest absolute Gasteiger partial charge is 0.355 e. The van der Waals surface area contributed by atoms with Crippen LogP contribution in [-0.4, -0.2) is 48.8 Å². The molecule has 1 aromatic carbocycles. The number of piperidine rings is 1. The number of hydrogen-bond donors (Lipinski definition) is 2. The minimum Gasteiger partial charge on any atom is -0.355 e. The van der Waals surface area contributed by atoms with Crippen LogP contribution in [0.4, 0.5) is 0 Å². The molecule has 1 fully saturated rings. The number of benzene rings is 1. The summed E-state index contributed by atoms with van der Waals surface area (Å²) in [4.78, 5) is 36.8. The van der Waals surface area contributed by atoms with Gasteiger partial charge in [0.05, 0.1) is 0 Å². The van der Waals surface area contributed by atoms with Crippen molar-refractivity contribution >= 4 is 17.7 Å². The maximum Gasteiger partial charge on any atom is 0.223 e. The Morgan fingerprint density at radius 2 is 1.64 bits per heavy atom. The molecule has 0 unspecified atom stereocenters. The van der Waals surface area contributed by atoms with Gasteiger partial charge in [-0.15, -0.1) is 0 Å². The van der Waals surface area contributed by atoms with Crippen LogP contribution in [-0.2, 0) is 20.8 Å². The maximum atomic E-state index is 12.3. The van der Waals surface area contributed by atoms with E-state index in [1.54, 1.807) is 0 Å². The second kappa shape index (κ2) is 11.5. The molecule has 6 nitrogen and oxygen atoms in total. The van der Waals surface area contributed by atoms with Gasteiger partial charge in [0.15, 0.2) is 0 Å². The van der Waals surface area contributed by atoms with Gasteiger partial charge < -0.3 is 15.5 Å². The van der Waals surface area contributed by atoms with E-state index in [1.165, 1.54) is 24.5 Å². The van der Waals surface area contributed by atoms with Crippen LogP contribution in [0.15, 0.2) is 24.3 Å². The molecule has 0 atom stereocenters. The molecule has 1 aromatic rings. The van der Waals surface area contributed by atoms with Crippen molar-refractivity contribution in [2.45, 2.75) is 52.4 Å². The Labute approximate surface area is 168 Å². The van der Waals surface area contributed by atoms with Gasteiger partial charge in [-0.05, 0) is 44.1 Å². The lowest BCUT2D eigenvalue weighted by molar-refractivity contribution is -0.134. The summed E-state index contributed by atoms with van der Waals surface area (Å²) in [6, 6.07) is 8.73. The average Bonchev–Trinajstić information content (AvgIpc) is 2.69. The highest BCUT2D eigenvalue weighted by molar-refractivity contribution is 5.83. The van der Waals surface area contributed by atoms with E-state index < -0.39 is 0 Å². The normalized spacial score (nSPS) is 14.6. The number of hydrogen-bond acceptors (Lipinski definition) is 3. The Hall–Kier alpha value is -2.37. The summed E-state index contributed by atoms with van der Waals surface area (Å²) in [7, 11) is 0. The van der Waals surface area contributed by atoms with Gasteiger partial charge in [-0.2, -0.15) is 0 Å². The highest BCUT2D eigenvalue weighted by atomic mass is 16.2. The van der Waals surface area contributed by atoms with Crippen LogP contribution in [0.1, 0.15) is 50.2 Å². The monoisotopic (exact) mass is 387 g/mol. The molecule has 154 valence electrons. The zero-order valence-electron chi connectivity index (χ0n) is 17.1. The van der Waals surface area contributed by atoms with Gasteiger partial charge in [0.25, 0.3) is 0 Å². The lowest BCUT2D eigenvalue weighted by Gasteiger charge is -2.32. The lowest BCUT2D eigenvalue weighted by atomic mass is 9.90. The van der Waals surface area contributed by atoms with Crippen LogP contribution in [0.25, 0.3) is 0 Å². The van der Waals surface area contributed by atoms with Crippen molar-refractivity contribution < 1.29 is 14.4 Å². The Morgan fingerprint density at radius 1 is 1.00 bits per heavy atom. The second-order valence-corrected chi connectivity index (χ2v) is 7.68. The topological polar surface area (TPSA) is 78.5 Å². The first-order chi connectivity index (χ1) is 13.4. The van der Waals surface area contributed by atoms with E-state index >= 15 is 0 Å². The molecule has 1 heterocycles. The van der Waals surface area contributed by atoms with Gasteiger partial charge in [-0.25, -0.2) is 0 Å². The summed E-state index contributed by atoms with van der Waals surface area (Å²) in [5.41, 5.74) is 2.67. The number of rotatable bonds is 9. The third kappa shape index (κ3) is 8.11. The summed E-state index contributed by atoms with van der Waals surface area (Å²) >= 11 is 0. The third-order valence-electron chi connectivity index (χ3n) is 5.32. The number of aryl methyl sites for hydroxylation is 2. The summed E-state index contributed by atoms with van der Waals surface area (Å²) < 4.78 is 0. The highest BCUT2D eigenvalue weighted by Crippen LogP contribution is 2.23. The molecule has 0 saturated carbocycles. The van der Waals surface area contributed by atoms with Crippen LogP contribution in [0.5, 0.6) is 0 Å². The van der Waals surface area contributed by atoms with Crippen LogP contribution in [0.2, 0.25) is 0 Å². The van der Waals surface area contributed by atoms with Crippen molar-refractivity contribution in [3.8, 4) is 0 Å². The number of carbonyl (C=O) groups is 3. The fourth-order valence-electron chi connectivity index (χ4n) is 3.50. The van der Waals surface area contributed by atoms with Crippen molar-refractivity contribution in [3.63, 3.8) is 0 Å². The highest BCUT2D eigenvalue weighted by Gasteiger charge is 2.22. The molecule has 0 radical (unpaired) electrons. The third-order valence-corrected chi connectivity index (χ3v) is 5.32. The molecule has 2 rings (SSSR count). The van der Waals surface area contributed by atoms with Crippen LogP contribution in [0.3, 0.4) is 0 Å². The SMILES string of the molecule is CC(=O)NCCNC(=O)CCC(=O)N1CCC(CCc2ccc(C)cc2)CC1. The fourth-order valence-corrected chi connectivity index (χ4v) is 3.50. The van der Waals surface area contributed by atoms with E-state index in [4.69, 9.17) is 0 Å². The summed E-state index contributed by atoms with van der Waals surface area (Å²) in [6.45, 7) is 5.92. The molecule has 1 aliphatic heterocycles. The number of carbonyl (C=O) groups excluding carboxylic acids is 3. The van der Waals surface area contributed by atoms with Gasteiger partial charge in [0, 0.05) is 45.9 Å². The van der Waals surface area contributed by atoms with Crippen LogP contribution in [0, 0.1) is 12.8 Å². The molecule has 0 aliphatic carbocycles. The quantitative estimate of drug-likeness (QED) is 0.638. The van der Waals surface area contributed by atoms with Crippen molar-refractivity contribution in [2.24, 2.45) is 5.92 Å². The Bertz CT molecular complexity index is 649. The minimum atomic E-state index is -0.147. The van der Waals surface area contributed by atoms with Gasteiger partial charge in [-0.3, -0.25) is 14.4 Å². The summed E-state index contributed by atoms with van der Waals surface area (Å²) in [5.74, 6) is 0.467. The van der Waals surface area contributed by atoms with Crippen molar-refractivity contribution in [1.82, 2.24) is 15.5 Å². The van der Waals surface area contributed by atoms with Crippen molar-refractivity contribution in [3.05, 3.63) is 35.4 Å². The van der Waals surface area contributed by atoms with E-state index in [1.807, 2.05) is 4.90 Å². The molecular weight excluding hydrogens is 354 g/mol. The molecule has 6 heteroatoms. The zero-order valence-corrected chi connectivity index (χ0v) is 17.1. The Morgan fingerprint density at radius 3 is 2.29 bits per heavy atom. The van der Waals surface area contributed by atoms with E-state index in [-0.39, 0.29) is 30.6 Å². The molecular formula is C22H33N3O3. The number of likely N-dealkylation sites (tertiary alicyclic amines) is 1. The molecule has 2 N–H and O–H groups in total. The molecule has 1 saturated heterocycles. The van der Waals surface area contributed by atoms with Crippen molar-refractivity contribution in [1.29, 1.82) is 0 Å². The zero-order chi connectivity index (χ0) is 20.4. The van der Waals surface area contributed by atoms with E-state index in [0.29, 0.717) is 19.0 Å². The predicted molar refractivity (Wildman–Crippen MR) is 110 cm³/mol. The van der Waals surface area contributed by atoms with Gasteiger partial charge in [0.2, 0.25) is 17.7 Å². The molecule has 0 bridgehead atoms. The maximum absolute atomic E-state index is 12.3. The van der Waals surface area contributed by atoms with E-state index in [2.05, 4.69) is 41.8 Å². The fraction of sp³-hybridized carbons (Fsp3) is 0.591. The Balaban J connectivity index is 1.58. The number of nitrogens with zero attached hydrogens (tertiary/aromatic N) is 1. The summed E-state index contributed by atoms with van der Waals surface area (Å²) in [5, 5.41) is 5.33. The van der Waals surface area contributed by atoms with E-state index in [9.17, 15) is 14.4 Å². The standard InChI is InChI=1S/C22H33N3O3/c1-17-3-5-19(6-4-17)7-8-20-11-15-25(16-12-20)22(28)10-9-21(27)24-14-13-23-18(2)26/h3-6,20H,7-16H2,1-2H3,(H,23,26)(H,24,27). The number of nitrogens with one attached hydrogen (secondary N) is 2.